The standard InChI is InChI=1S/C12H18F3N3O/c1-8-6-10(9(2)19-8)7-18-11(16-3)17-5-4-12(13,14)15/h6H,4-5,7H2,1-3H3,(H2,16,17,18). The molecule has 0 aliphatic heterocycles. The minimum Gasteiger partial charge on any atom is -0.466 e. The van der Waals surface area contributed by atoms with Crippen molar-refractivity contribution in [1.82, 2.24) is 10.6 Å². The minimum atomic E-state index is -4.16. The molecule has 0 aliphatic carbocycles. The molecule has 0 fully saturated rings. The van der Waals surface area contributed by atoms with Gasteiger partial charge in [-0.3, -0.25) is 4.99 Å². The van der Waals surface area contributed by atoms with E-state index in [9.17, 15) is 13.2 Å². The van der Waals surface area contributed by atoms with Crippen molar-refractivity contribution in [2.75, 3.05) is 13.6 Å². The topological polar surface area (TPSA) is 49.6 Å². The van der Waals surface area contributed by atoms with Gasteiger partial charge in [-0.2, -0.15) is 13.2 Å². The highest BCUT2D eigenvalue weighted by Crippen LogP contribution is 2.18. The van der Waals surface area contributed by atoms with E-state index in [-0.39, 0.29) is 6.54 Å². The number of guanidine groups is 1. The third-order valence-corrected chi connectivity index (χ3v) is 2.51. The molecule has 0 spiro atoms. The van der Waals surface area contributed by atoms with Crippen molar-refractivity contribution in [3.05, 3.63) is 23.2 Å². The molecular formula is C12H18F3N3O. The first-order chi connectivity index (χ1) is 8.81. The normalized spacial score (nSPS) is 12.6. The number of nitrogens with zero attached hydrogens (tertiary/aromatic N) is 1. The van der Waals surface area contributed by atoms with Crippen molar-refractivity contribution in [3.8, 4) is 0 Å². The van der Waals surface area contributed by atoms with Gasteiger partial charge in [0.05, 0.1) is 6.42 Å². The lowest BCUT2D eigenvalue weighted by atomic mass is 10.2. The van der Waals surface area contributed by atoms with E-state index in [1.807, 2.05) is 19.9 Å². The van der Waals surface area contributed by atoms with E-state index in [0.29, 0.717) is 12.5 Å². The third-order valence-electron chi connectivity index (χ3n) is 2.51. The molecule has 0 amide bonds. The highest BCUT2D eigenvalue weighted by Gasteiger charge is 2.26. The Bertz CT molecular complexity index is 438. The van der Waals surface area contributed by atoms with Crippen LogP contribution >= 0.6 is 0 Å². The molecule has 0 saturated carbocycles. The Morgan fingerprint density at radius 1 is 1.32 bits per heavy atom. The lowest BCUT2D eigenvalue weighted by molar-refractivity contribution is -0.132. The number of aryl methyl sites for hydroxylation is 2. The van der Waals surface area contributed by atoms with Gasteiger partial charge in [0.1, 0.15) is 11.5 Å². The summed E-state index contributed by atoms with van der Waals surface area (Å²) in [7, 11) is 1.51. The fraction of sp³-hybridized carbons (Fsp3) is 0.583. The van der Waals surface area contributed by atoms with Gasteiger partial charge >= 0.3 is 6.18 Å². The summed E-state index contributed by atoms with van der Waals surface area (Å²) < 4.78 is 41.4. The lowest BCUT2D eigenvalue weighted by Gasteiger charge is -2.12. The van der Waals surface area contributed by atoms with Gasteiger partial charge < -0.3 is 15.1 Å². The zero-order chi connectivity index (χ0) is 14.5. The van der Waals surface area contributed by atoms with Gasteiger partial charge in [-0.1, -0.05) is 0 Å². The predicted octanol–water partition coefficient (Wildman–Crippen LogP) is 2.51. The van der Waals surface area contributed by atoms with Crippen molar-refractivity contribution < 1.29 is 17.6 Å². The zero-order valence-electron chi connectivity index (χ0n) is 11.2. The van der Waals surface area contributed by atoms with E-state index >= 15 is 0 Å². The van der Waals surface area contributed by atoms with Crippen molar-refractivity contribution in [3.63, 3.8) is 0 Å². The van der Waals surface area contributed by atoms with Crippen molar-refractivity contribution >= 4 is 5.96 Å². The number of alkyl halides is 3. The number of hydrogen-bond donors (Lipinski definition) is 2. The Morgan fingerprint density at radius 2 is 2.00 bits per heavy atom. The second-order valence-electron chi connectivity index (χ2n) is 4.16. The van der Waals surface area contributed by atoms with Gasteiger partial charge in [-0.25, -0.2) is 0 Å². The summed E-state index contributed by atoms with van der Waals surface area (Å²) in [6, 6.07) is 1.88. The van der Waals surface area contributed by atoms with E-state index in [2.05, 4.69) is 15.6 Å². The molecule has 1 heterocycles. The number of nitrogens with one attached hydrogen (secondary N) is 2. The Morgan fingerprint density at radius 3 is 2.47 bits per heavy atom. The summed E-state index contributed by atoms with van der Waals surface area (Å²) >= 11 is 0. The fourth-order valence-corrected chi connectivity index (χ4v) is 1.58. The Kier molecular flexibility index (Phi) is 5.26. The fourth-order valence-electron chi connectivity index (χ4n) is 1.58. The van der Waals surface area contributed by atoms with Crippen LogP contribution in [0.15, 0.2) is 15.5 Å². The van der Waals surface area contributed by atoms with Crippen LogP contribution < -0.4 is 10.6 Å². The minimum absolute atomic E-state index is 0.202. The molecule has 108 valence electrons. The molecule has 2 N–H and O–H groups in total. The van der Waals surface area contributed by atoms with Gasteiger partial charge in [0.25, 0.3) is 0 Å². The molecular weight excluding hydrogens is 259 g/mol. The van der Waals surface area contributed by atoms with E-state index in [4.69, 9.17) is 4.42 Å². The van der Waals surface area contributed by atoms with Gasteiger partial charge in [0.2, 0.25) is 0 Å². The van der Waals surface area contributed by atoms with Crippen LogP contribution in [-0.4, -0.2) is 25.7 Å². The summed E-state index contributed by atoms with van der Waals surface area (Å²) in [6.07, 6.45) is -5.05. The predicted molar refractivity (Wildman–Crippen MR) is 67.1 cm³/mol. The van der Waals surface area contributed by atoms with Gasteiger partial charge in [0.15, 0.2) is 5.96 Å². The Labute approximate surface area is 110 Å². The van der Waals surface area contributed by atoms with E-state index in [1.54, 1.807) is 0 Å². The molecule has 0 aliphatic rings. The number of aliphatic imine (C=N–C) groups is 1. The van der Waals surface area contributed by atoms with Crippen LogP contribution in [0.2, 0.25) is 0 Å². The molecule has 0 atom stereocenters. The van der Waals surface area contributed by atoms with Crippen molar-refractivity contribution in [2.45, 2.75) is 33.0 Å². The molecule has 0 unspecified atom stereocenters. The highest BCUT2D eigenvalue weighted by atomic mass is 19.4. The Hall–Kier alpha value is -1.66. The summed E-state index contributed by atoms with van der Waals surface area (Å²) in [5.74, 6) is 1.92. The molecule has 0 radical (unpaired) electrons. The molecule has 0 bridgehead atoms. The summed E-state index contributed by atoms with van der Waals surface area (Å²) in [5, 5.41) is 5.55. The summed E-state index contributed by atoms with van der Waals surface area (Å²) in [6.45, 7) is 3.93. The number of furan rings is 1. The SMILES string of the molecule is CN=C(NCCC(F)(F)F)NCc1cc(C)oc1C. The molecule has 1 aromatic rings. The van der Waals surface area contributed by atoms with Crippen molar-refractivity contribution in [1.29, 1.82) is 0 Å². The number of rotatable bonds is 4. The first-order valence-electron chi connectivity index (χ1n) is 5.89. The van der Waals surface area contributed by atoms with Crippen LogP contribution in [0.3, 0.4) is 0 Å². The molecule has 7 heteroatoms. The molecule has 19 heavy (non-hydrogen) atoms. The molecule has 0 aromatic carbocycles. The molecule has 0 saturated heterocycles. The van der Waals surface area contributed by atoms with Crippen molar-refractivity contribution in [2.24, 2.45) is 4.99 Å². The molecule has 1 rings (SSSR count). The van der Waals surface area contributed by atoms with Gasteiger partial charge in [0, 0.05) is 25.7 Å². The second kappa shape index (κ2) is 6.49. The van der Waals surface area contributed by atoms with E-state index in [0.717, 1.165) is 17.1 Å². The zero-order valence-corrected chi connectivity index (χ0v) is 11.2. The first kappa shape index (κ1) is 15.4. The first-order valence-corrected chi connectivity index (χ1v) is 5.89. The smallest absolute Gasteiger partial charge is 0.390 e. The van der Waals surface area contributed by atoms with E-state index in [1.165, 1.54) is 7.05 Å². The average Bonchev–Trinajstić information content (AvgIpc) is 2.60. The average molecular weight is 277 g/mol. The summed E-state index contributed by atoms with van der Waals surface area (Å²) in [4.78, 5) is 3.86. The van der Waals surface area contributed by atoms with E-state index < -0.39 is 12.6 Å². The molecule has 1 aromatic heterocycles. The number of hydrogen-bond acceptors (Lipinski definition) is 2. The lowest BCUT2D eigenvalue weighted by Crippen LogP contribution is -2.38. The second-order valence-corrected chi connectivity index (χ2v) is 4.16. The van der Waals surface area contributed by atoms with Crippen LogP contribution in [0, 0.1) is 13.8 Å². The monoisotopic (exact) mass is 277 g/mol. The van der Waals surface area contributed by atoms with Crippen LogP contribution in [0.25, 0.3) is 0 Å². The maximum atomic E-state index is 12.0. The van der Waals surface area contributed by atoms with Gasteiger partial charge in [-0.15, -0.1) is 0 Å². The van der Waals surface area contributed by atoms with Crippen LogP contribution in [0.4, 0.5) is 13.2 Å². The third kappa shape index (κ3) is 5.67. The number of halogens is 3. The highest BCUT2D eigenvalue weighted by molar-refractivity contribution is 5.79. The van der Waals surface area contributed by atoms with Crippen LogP contribution in [0.1, 0.15) is 23.5 Å². The maximum absolute atomic E-state index is 12.0. The quantitative estimate of drug-likeness (QED) is 0.656. The van der Waals surface area contributed by atoms with Gasteiger partial charge in [-0.05, 0) is 19.9 Å². The maximum Gasteiger partial charge on any atom is 0.390 e. The van der Waals surface area contributed by atoms with Crippen LogP contribution in [0.5, 0.6) is 0 Å². The Balaban J connectivity index is 2.39. The largest absolute Gasteiger partial charge is 0.466 e. The summed E-state index contributed by atoms with van der Waals surface area (Å²) in [5.41, 5.74) is 0.955. The van der Waals surface area contributed by atoms with Crippen LogP contribution in [-0.2, 0) is 6.54 Å². The molecule has 4 nitrogen and oxygen atoms in total.